The zero-order valence-electron chi connectivity index (χ0n) is 12.9. The zero-order valence-corrected chi connectivity index (χ0v) is 15.3. The van der Waals surface area contributed by atoms with Crippen LogP contribution < -0.4 is 5.32 Å². The van der Waals surface area contributed by atoms with Crippen molar-refractivity contribution in [2.24, 2.45) is 0 Å². The van der Waals surface area contributed by atoms with Gasteiger partial charge >= 0.3 is 0 Å². The summed E-state index contributed by atoms with van der Waals surface area (Å²) in [5.41, 5.74) is 3.48. The van der Waals surface area contributed by atoms with Crippen LogP contribution in [-0.4, -0.2) is 9.97 Å². The van der Waals surface area contributed by atoms with Crippen molar-refractivity contribution >= 4 is 49.0 Å². The van der Waals surface area contributed by atoms with E-state index >= 15 is 0 Å². The molecule has 0 amide bonds. The molecule has 0 aliphatic rings. The second-order valence-electron chi connectivity index (χ2n) is 5.34. The molecule has 4 rings (SSSR count). The third-order valence-electron chi connectivity index (χ3n) is 3.83. The minimum Gasteiger partial charge on any atom is -0.338 e. The highest BCUT2D eigenvalue weighted by molar-refractivity contribution is 9.10. The fourth-order valence-electron chi connectivity index (χ4n) is 2.63. The Balaban J connectivity index is 1.86. The Hall–Kier alpha value is -2.75. The molecule has 2 aromatic carbocycles. The average molecular weight is 407 g/mol. The van der Waals surface area contributed by atoms with Gasteiger partial charge in [-0.2, -0.15) is 5.26 Å². The lowest BCUT2D eigenvalue weighted by atomic mass is 10.1. The molecule has 25 heavy (non-hydrogen) atoms. The van der Waals surface area contributed by atoms with Gasteiger partial charge in [-0.3, -0.25) is 0 Å². The standard InChI is InChI=1S/C19H11BrN4S/c20-14-7-5-12(6-8-14)15-10-25-19-17(15)18(22-11-23-19)24-16-4-2-1-3-13(16)9-21/h1-8,10-11H,(H,22,23,24). The van der Waals surface area contributed by atoms with Crippen LogP contribution in [0.5, 0.6) is 0 Å². The number of rotatable bonds is 3. The normalized spacial score (nSPS) is 10.6. The number of fused-ring (bicyclic) bond motifs is 1. The zero-order chi connectivity index (χ0) is 17.2. The second-order valence-corrected chi connectivity index (χ2v) is 7.11. The molecule has 0 aliphatic heterocycles. The van der Waals surface area contributed by atoms with Crippen molar-refractivity contribution in [3.8, 4) is 17.2 Å². The Morgan fingerprint density at radius 3 is 2.64 bits per heavy atom. The van der Waals surface area contributed by atoms with Crippen molar-refractivity contribution < 1.29 is 0 Å². The number of nitriles is 1. The van der Waals surface area contributed by atoms with Crippen molar-refractivity contribution in [2.75, 3.05) is 5.32 Å². The van der Waals surface area contributed by atoms with E-state index < -0.39 is 0 Å². The molecular formula is C19H11BrN4S. The van der Waals surface area contributed by atoms with Gasteiger partial charge in [0.05, 0.1) is 16.6 Å². The highest BCUT2D eigenvalue weighted by Gasteiger charge is 2.14. The lowest BCUT2D eigenvalue weighted by Gasteiger charge is -2.09. The maximum Gasteiger partial charge on any atom is 0.143 e. The summed E-state index contributed by atoms with van der Waals surface area (Å²) in [6, 6.07) is 17.7. The number of hydrogen-bond acceptors (Lipinski definition) is 5. The second kappa shape index (κ2) is 6.63. The summed E-state index contributed by atoms with van der Waals surface area (Å²) < 4.78 is 1.04. The number of hydrogen-bond donors (Lipinski definition) is 1. The van der Waals surface area contributed by atoms with Crippen LogP contribution in [-0.2, 0) is 0 Å². The Morgan fingerprint density at radius 2 is 1.84 bits per heavy atom. The van der Waals surface area contributed by atoms with Gasteiger partial charge in [0.15, 0.2) is 0 Å². The number of anilines is 2. The van der Waals surface area contributed by atoms with E-state index in [0.717, 1.165) is 31.5 Å². The molecule has 1 N–H and O–H groups in total. The van der Waals surface area contributed by atoms with Crippen molar-refractivity contribution in [1.29, 1.82) is 5.26 Å². The molecule has 4 nitrogen and oxygen atoms in total. The highest BCUT2D eigenvalue weighted by atomic mass is 79.9. The number of nitrogens with one attached hydrogen (secondary N) is 1. The van der Waals surface area contributed by atoms with Crippen LogP contribution in [0.3, 0.4) is 0 Å². The molecule has 0 fully saturated rings. The van der Waals surface area contributed by atoms with Crippen LogP contribution in [0.1, 0.15) is 5.56 Å². The SMILES string of the molecule is N#Cc1ccccc1Nc1ncnc2scc(-c3ccc(Br)cc3)c12. The lowest BCUT2D eigenvalue weighted by Crippen LogP contribution is -1.97. The van der Waals surface area contributed by atoms with E-state index in [9.17, 15) is 5.26 Å². The van der Waals surface area contributed by atoms with E-state index in [1.54, 1.807) is 23.7 Å². The van der Waals surface area contributed by atoms with Crippen LogP contribution in [0.15, 0.2) is 64.7 Å². The molecule has 0 aliphatic carbocycles. The van der Waals surface area contributed by atoms with Crippen LogP contribution in [0.4, 0.5) is 11.5 Å². The molecule has 0 unspecified atom stereocenters. The summed E-state index contributed by atoms with van der Waals surface area (Å²) in [4.78, 5) is 9.71. The molecule has 0 saturated heterocycles. The maximum absolute atomic E-state index is 9.30. The van der Waals surface area contributed by atoms with E-state index in [0.29, 0.717) is 11.4 Å². The Kier molecular flexibility index (Phi) is 4.18. The molecule has 0 bridgehead atoms. The van der Waals surface area contributed by atoms with Gasteiger partial charge in [0, 0.05) is 15.4 Å². The van der Waals surface area contributed by atoms with Gasteiger partial charge in [0.25, 0.3) is 0 Å². The molecule has 4 aromatic rings. The summed E-state index contributed by atoms with van der Waals surface area (Å²) in [5, 5.41) is 15.6. The van der Waals surface area contributed by atoms with Crippen LogP contribution in [0.2, 0.25) is 0 Å². The number of para-hydroxylation sites is 1. The monoisotopic (exact) mass is 406 g/mol. The number of benzene rings is 2. The largest absolute Gasteiger partial charge is 0.338 e. The van der Waals surface area contributed by atoms with E-state index in [1.807, 2.05) is 30.3 Å². The Morgan fingerprint density at radius 1 is 1.04 bits per heavy atom. The first-order valence-electron chi connectivity index (χ1n) is 7.50. The predicted molar refractivity (Wildman–Crippen MR) is 105 cm³/mol. The predicted octanol–water partition coefficient (Wildman–Crippen LogP) is 5.74. The quantitative estimate of drug-likeness (QED) is 0.471. The van der Waals surface area contributed by atoms with Gasteiger partial charge < -0.3 is 5.32 Å². The molecule has 2 aromatic heterocycles. The van der Waals surface area contributed by atoms with Crippen LogP contribution in [0.25, 0.3) is 21.3 Å². The third kappa shape index (κ3) is 3.00. The summed E-state index contributed by atoms with van der Waals surface area (Å²) in [6.07, 6.45) is 1.54. The van der Waals surface area contributed by atoms with Gasteiger partial charge in [-0.05, 0) is 29.8 Å². The topological polar surface area (TPSA) is 61.6 Å². The van der Waals surface area contributed by atoms with Gasteiger partial charge in [0.1, 0.15) is 23.0 Å². The van der Waals surface area contributed by atoms with Crippen molar-refractivity contribution in [2.45, 2.75) is 0 Å². The third-order valence-corrected chi connectivity index (χ3v) is 5.24. The summed E-state index contributed by atoms with van der Waals surface area (Å²) in [6.45, 7) is 0. The van der Waals surface area contributed by atoms with E-state index in [1.165, 1.54) is 0 Å². The molecule has 2 heterocycles. The number of aromatic nitrogens is 2. The van der Waals surface area contributed by atoms with Gasteiger partial charge in [-0.25, -0.2) is 9.97 Å². The van der Waals surface area contributed by atoms with Gasteiger partial charge in [-0.15, -0.1) is 11.3 Å². The van der Waals surface area contributed by atoms with Crippen LogP contribution in [0, 0.1) is 11.3 Å². The number of halogens is 1. The fourth-order valence-corrected chi connectivity index (χ4v) is 3.81. The van der Waals surface area contributed by atoms with Gasteiger partial charge in [0.2, 0.25) is 0 Å². The Labute approximate surface area is 156 Å². The molecule has 0 saturated carbocycles. The molecule has 0 radical (unpaired) electrons. The van der Waals surface area contributed by atoms with Crippen molar-refractivity contribution in [3.63, 3.8) is 0 Å². The highest BCUT2D eigenvalue weighted by Crippen LogP contribution is 2.38. The lowest BCUT2D eigenvalue weighted by molar-refractivity contribution is 1.23. The van der Waals surface area contributed by atoms with Crippen LogP contribution >= 0.6 is 27.3 Å². The van der Waals surface area contributed by atoms with Crippen molar-refractivity contribution in [1.82, 2.24) is 9.97 Å². The number of nitrogens with zero attached hydrogens (tertiary/aromatic N) is 3. The summed E-state index contributed by atoms with van der Waals surface area (Å²) >= 11 is 5.05. The molecule has 0 spiro atoms. The first-order valence-corrected chi connectivity index (χ1v) is 9.18. The molecular weight excluding hydrogens is 396 g/mol. The summed E-state index contributed by atoms with van der Waals surface area (Å²) in [5.74, 6) is 0.701. The first-order chi connectivity index (χ1) is 12.3. The molecule has 120 valence electrons. The van der Waals surface area contributed by atoms with Crippen molar-refractivity contribution in [3.05, 3.63) is 70.3 Å². The smallest absolute Gasteiger partial charge is 0.143 e. The first kappa shape index (κ1) is 15.8. The average Bonchev–Trinajstić information content (AvgIpc) is 3.08. The minimum absolute atomic E-state index is 0.578. The fraction of sp³-hybridized carbons (Fsp3) is 0. The molecule has 0 atom stereocenters. The Bertz CT molecular complexity index is 1100. The van der Waals surface area contributed by atoms with E-state index in [-0.39, 0.29) is 0 Å². The minimum atomic E-state index is 0.578. The van der Waals surface area contributed by atoms with Gasteiger partial charge in [-0.1, -0.05) is 40.2 Å². The van der Waals surface area contributed by atoms with E-state index in [2.05, 4.69) is 54.8 Å². The maximum atomic E-state index is 9.30. The number of thiophene rings is 1. The summed E-state index contributed by atoms with van der Waals surface area (Å²) in [7, 11) is 0. The molecule has 6 heteroatoms. The van der Waals surface area contributed by atoms with E-state index in [4.69, 9.17) is 0 Å².